The summed E-state index contributed by atoms with van der Waals surface area (Å²) in [7, 11) is 0. The Kier molecular flexibility index (Phi) is 603. The molecule has 169 valence electrons. The van der Waals surface area contributed by atoms with Gasteiger partial charge in [0, 0.05) is 1010 Å². The fraction of sp³-hybridized carbons (Fsp3) is 0. The largest absolute Gasteiger partial charge is 0.226 e. The SMILES string of the molecule is [Y].[Y].[Y].[Y].[Y].[Y].[Y].[Y].[Y].[Y].[Y].[Y].[Y].[Y].[Y].[Y].[Y].[Y].[Y].[Y].[Y].[Y].[Y].[Y].[Y].[Y].[Y].[Y].[Y].[Y].[Y].[c-]1ccccc1-c1[c-]ccc2ccccc12. The molecule has 0 saturated carbocycles. The molecule has 0 atom stereocenters. The van der Waals surface area contributed by atoms with E-state index in [-0.39, 0.29) is 1010 Å². The second kappa shape index (κ2) is 148. The van der Waals surface area contributed by atoms with Crippen molar-refractivity contribution in [2.75, 3.05) is 0 Å². The van der Waals surface area contributed by atoms with Crippen molar-refractivity contribution in [1.29, 1.82) is 0 Å². The standard InChI is InChI=1S/C16H10.31Y/c1-2-7-13(8-3-1)16-12-6-10-14-9-4-5-11-15(14)16;;;;;;;;;;;;;;;;;;;;;;;;;;;;;;;/h1-7,9-11H;;;;;;;;;;;;;;;;;;;;;;;;;;;;;;;/q-2;;;;;;;;;;;;;;;;;;;;;;;;;;;;;;;. The first-order valence-electron chi connectivity index (χ1n) is 5.32. The van der Waals surface area contributed by atoms with E-state index in [9.17, 15) is 0 Å². The van der Waals surface area contributed by atoms with E-state index >= 15 is 0 Å². The van der Waals surface area contributed by atoms with Crippen LogP contribution in [0.1, 0.15) is 0 Å². The van der Waals surface area contributed by atoms with Gasteiger partial charge in [0.05, 0.1) is 0 Å². The van der Waals surface area contributed by atoms with Crippen LogP contribution in [-0.2, 0) is 1010 Å². The van der Waals surface area contributed by atoms with E-state index in [1.54, 1.807) is 0 Å². The Labute approximate surface area is 1070 Å². The second-order valence-electron chi connectivity index (χ2n) is 3.72. The Morgan fingerprint density at radius 2 is 0.553 bits per heavy atom. The van der Waals surface area contributed by atoms with Gasteiger partial charge in [0.25, 0.3) is 0 Å². The molecule has 31 radical (unpaired) electrons. The minimum Gasteiger partial charge on any atom is -0.226 e. The summed E-state index contributed by atoms with van der Waals surface area (Å²) in [6, 6.07) is 27.0. The predicted octanol–water partition coefficient (Wildman–Crippen LogP) is 4.03. The van der Waals surface area contributed by atoms with Crippen LogP contribution in [0.15, 0.2) is 60.7 Å². The molecule has 0 heterocycles. The zero-order valence-electron chi connectivity index (χ0n) is 26.7. The molecule has 0 spiro atoms. The van der Waals surface area contributed by atoms with Crippen molar-refractivity contribution in [2.24, 2.45) is 0 Å². The summed E-state index contributed by atoms with van der Waals surface area (Å²) in [5, 5.41) is 2.47. The molecule has 47 heavy (non-hydrogen) atoms. The Hall–Kier alpha value is 32.1. The van der Waals surface area contributed by atoms with Crippen LogP contribution in [0, 0.1) is 12.1 Å². The van der Waals surface area contributed by atoms with Gasteiger partial charge in [-0.25, -0.2) is 11.1 Å². The van der Waals surface area contributed by atoms with Crippen LogP contribution in [0.3, 0.4) is 0 Å². The van der Waals surface area contributed by atoms with Crippen molar-refractivity contribution in [2.45, 2.75) is 0 Å². The van der Waals surface area contributed by atoms with Crippen LogP contribution < -0.4 is 0 Å². The van der Waals surface area contributed by atoms with Crippen LogP contribution in [0.25, 0.3) is 21.9 Å². The van der Waals surface area contributed by atoms with Gasteiger partial charge >= 0.3 is 0 Å². The molecule has 0 bridgehead atoms. The minimum atomic E-state index is 0. The molecule has 0 fully saturated rings. The van der Waals surface area contributed by atoms with E-state index in [2.05, 4.69) is 48.5 Å². The van der Waals surface area contributed by atoms with Crippen LogP contribution in [-0.4, -0.2) is 0 Å². The first kappa shape index (κ1) is 192. The van der Waals surface area contributed by atoms with Gasteiger partial charge in [-0.3, -0.25) is 0 Å². The Morgan fingerprint density at radius 3 is 0.851 bits per heavy atom. The van der Waals surface area contributed by atoms with E-state index in [1.807, 2.05) is 24.3 Å². The first-order valence-corrected chi connectivity index (χ1v) is 5.32. The van der Waals surface area contributed by atoms with Gasteiger partial charge in [0.1, 0.15) is 0 Å². The second-order valence-corrected chi connectivity index (χ2v) is 3.72. The molecule has 0 aliphatic heterocycles. The Balaban J connectivity index is -0.00000000387. The molecular weight excluding hydrogens is 2950 g/mol. The molecule has 3 rings (SSSR count). The fourth-order valence-corrected chi connectivity index (χ4v) is 1.93. The van der Waals surface area contributed by atoms with Crippen molar-refractivity contribution in [3.8, 4) is 11.1 Å². The molecule has 31 heteroatoms. The van der Waals surface area contributed by atoms with Gasteiger partial charge in [-0.2, -0.15) is 36.4 Å². The van der Waals surface area contributed by atoms with Gasteiger partial charge in [-0.15, -0.1) is 29.0 Å². The monoisotopic (exact) mass is 2960 g/mol. The van der Waals surface area contributed by atoms with Crippen molar-refractivity contribution in [3.05, 3.63) is 72.8 Å². The third-order valence-corrected chi connectivity index (χ3v) is 2.70. The van der Waals surface area contributed by atoms with E-state index in [1.165, 1.54) is 10.8 Å². The molecule has 3 aromatic carbocycles. The summed E-state index contributed by atoms with van der Waals surface area (Å²) >= 11 is 0. The summed E-state index contributed by atoms with van der Waals surface area (Å²) in [5.74, 6) is 0. The molecule has 0 N–H and O–H groups in total. The summed E-state index contributed by atoms with van der Waals surface area (Å²) in [6.45, 7) is 0. The van der Waals surface area contributed by atoms with Crippen LogP contribution in [0.5, 0.6) is 0 Å². The normalized spacial score (nSPS) is 3.57. The number of benzene rings is 3. The van der Waals surface area contributed by atoms with E-state index < -0.39 is 0 Å². The Bertz CT molecular complexity index is 647. The number of rotatable bonds is 1. The zero-order chi connectivity index (χ0) is 10.8. The van der Waals surface area contributed by atoms with Gasteiger partial charge in [-0.05, 0) is 0 Å². The maximum Gasteiger partial charge on any atom is 0 e. The van der Waals surface area contributed by atoms with Crippen molar-refractivity contribution >= 4 is 10.8 Å². The molecule has 0 unspecified atom stereocenters. The topological polar surface area (TPSA) is 0 Å². The van der Waals surface area contributed by atoms with Gasteiger partial charge in [-0.1, -0.05) is 18.2 Å². The van der Waals surface area contributed by atoms with Crippen LogP contribution in [0.4, 0.5) is 0 Å². The van der Waals surface area contributed by atoms with Crippen molar-refractivity contribution in [1.82, 2.24) is 0 Å². The van der Waals surface area contributed by atoms with Crippen molar-refractivity contribution in [3.63, 3.8) is 0 Å². The fourth-order valence-electron chi connectivity index (χ4n) is 1.93. The first-order chi connectivity index (χ1) is 7.95. The zero-order valence-corrected chi connectivity index (χ0v) is 115. The molecule has 0 saturated heterocycles. The number of hydrogen-bond acceptors (Lipinski definition) is 0. The summed E-state index contributed by atoms with van der Waals surface area (Å²) in [4.78, 5) is 0. The average Bonchev–Trinajstić information content (AvgIpc) is 2.39. The maximum absolute atomic E-state index is 3.30. The molecule has 0 aliphatic rings. The third kappa shape index (κ3) is 107. The van der Waals surface area contributed by atoms with Gasteiger partial charge in [0.2, 0.25) is 0 Å². The third-order valence-electron chi connectivity index (χ3n) is 2.70. The maximum atomic E-state index is 3.30. The van der Waals surface area contributed by atoms with E-state index in [4.69, 9.17) is 0 Å². The molecular formula is C16H10Y31-2. The van der Waals surface area contributed by atoms with Gasteiger partial charge < -0.3 is 0 Å². The molecule has 0 aromatic heterocycles. The average molecular weight is 2960 g/mol. The van der Waals surface area contributed by atoms with Gasteiger partial charge in [0.15, 0.2) is 0 Å². The van der Waals surface area contributed by atoms with E-state index in [0.29, 0.717) is 0 Å². The van der Waals surface area contributed by atoms with Crippen LogP contribution >= 0.6 is 0 Å². The van der Waals surface area contributed by atoms with Crippen molar-refractivity contribution < 1.29 is 1010 Å². The molecule has 0 nitrogen and oxygen atoms in total. The van der Waals surface area contributed by atoms with Crippen LogP contribution in [0.2, 0.25) is 0 Å². The number of hydrogen-bond donors (Lipinski definition) is 0. The molecule has 0 aliphatic carbocycles. The Morgan fingerprint density at radius 1 is 0.255 bits per heavy atom. The summed E-state index contributed by atoms with van der Waals surface area (Å²) in [5.41, 5.74) is 2.22. The summed E-state index contributed by atoms with van der Waals surface area (Å²) < 4.78 is 0. The minimum absolute atomic E-state index is 0. The quantitative estimate of drug-likeness (QED) is 0.324. The molecule has 3 aromatic rings. The predicted molar refractivity (Wildman–Crippen MR) is 67.1 cm³/mol. The number of fused-ring (bicyclic) bond motifs is 1. The summed E-state index contributed by atoms with van der Waals surface area (Å²) in [6.07, 6.45) is 0. The van der Waals surface area contributed by atoms with E-state index in [0.717, 1.165) is 11.1 Å². The molecule has 0 amide bonds. The smallest absolute Gasteiger partial charge is 0 e.